The van der Waals surface area contributed by atoms with Gasteiger partial charge in [-0.3, -0.25) is 4.79 Å². The first-order chi connectivity index (χ1) is 7.24. The van der Waals surface area contributed by atoms with Crippen LogP contribution in [-0.2, 0) is 0 Å². The predicted octanol–water partition coefficient (Wildman–Crippen LogP) is 1.68. The van der Waals surface area contributed by atoms with Crippen LogP contribution in [0.15, 0.2) is 41.5 Å². The zero-order chi connectivity index (χ0) is 11.1. The van der Waals surface area contributed by atoms with Gasteiger partial charge in [0.2, 0.25) is 0 Å². The van der Waals surface area contributed by atoms with E-state index in [0.29, 0.717) is 5.56 Å². The number of hydrogen-bond acceptors (Lipinski definition) is 3. The van der Waals surface area contributed by atoms with E-state index >= 15 is 0 Å². The highest BCUT2D eigenvalue weighted by atomic mass is 16.3. The highest BCUT2D eigenvalue weighted by Crippen LogP contribution is 2.09. The smallest absolute Gasteiger partial charge is 0.271 e. The van der Waals surface area contributed by atoms with Gasteiger partial charge in [-0.05, 0) is 37.3 Å². The molecule has 78 valence electrons. The van der Waals surface area contributed by atoms with E-state index in [1.165, 1.54) is 30.5 Å². The first kappa shape index (κ1) is 11.0. The fourth-order valence-corrected chi connectivity index (χ4v) is 0.902. The number of phenolic OH excluding ortho intramolecular Hbond substituents is 1. The molecule has 0 aliphatic heterocycles. The highest BCUT2D eigenvalue weighted by Gasteiger charge is 2.02. The first-order valence-electron chi connectivity index (χ1n) is 4.47. The van der Waals surface area contributed by atoms with Crippen molar-refractivity contribution in [2.75, 3.05) is 0 Å². The molecule has 15 heavy (non-hydrogen) atoms. The summed E-state index contributed by atoms with van der Waals surface area (Å²) in [5.41, 5.74) is 2.80. The summed E-state index contributed by atoms with van der Waals surface area (Å²) in [6.07, 6.45) is 4.99. The minimum atomic E-state index is -0.309. The fourth-order valence-electron chi connectivity index (χ4n) is 0.902. The number of aromatic hydroxyl groups is 1. The van der Waals surface area contributed by atoms with Crippen molar-refractivity contribution >= 4 is 12.1 Å². The lowest BCUT2D eigenvalue weighted by atomic mass is 10.2. The van der Waals surface area contributed by atoms with Crippen LogP contribution in [-0.4, -0.2) is 17.2 Å². The Morgan fingerprint density at radius 2 is 2.07 bits per heavy atom. The van der Waals surface area contributed by atoms with Crippen LogP contribution in [0.4, 0.5) is 0 Å². The number of allylic oxidation sites excluding steroid dienone is 2. The summed E-state index contributed by atoms with van der Waals surface area (Å²) in [5, 5.41) is 12.7. The van der Waals surface area contributed by atoms with Crippen LogP contribution in [0.1, 0.15) is 17.3 Å². The lowest BCUT2D eigenvalue weighted by Gasteiger charge is -1.98. The van der Waals surface area contributed by atoms with Crippen LogP contribution in [0.5, 0.6) is 5.75 Å². The van der Waals surface area contributed by atoms with Gasteiger partial charge in [-0.1, -0.05) is 6.08 Å². The van der Waals surface area contributed by atoms with Gasteiger partial charge < -0.3 is 5.11 Å². The van der Waals surface area contributed by atoms with Crippen LogP contribution >= 0.6 is 0 Å². The van der Waals surface area contributed by atoms with E-state index in [1.54, 1.807) is 12.2 Å². The quantitative estimate of drug-likeness (QED) is 0.581. The van der Waals surface area contributed by atoms with Crippen molar-refractivity contribution in [1.29, 1.82) is 0 Å². The molecule has 4 nitrogen and oxygen atoms in total. The van der Waals surface area contributed by atoms with Crippen LogP contribution in [0, 0.1) is 0 Å². The number of hydrogen-bond donors (Lipinski definition) is 2. The molecule has 0 aliphatic rings. The molecule has 0 spiro atoms. The molecule has 0 radical (unpaired) electrons. The van der Waals surface area contributed by atoms with Gasteiger partial charge >= 0.3 is 0 Å². The van der Waals surface area contributed by atoms with Crippen molar-refractivity contribution in [3.63, 3.8) is 0 Å². The summed E-state index contributed by atoms with van der Waals surface area (Å²) < 4.78 is 0. The number of carbonyl (C=O) groups is 1. The van der Waals surface area contributed by atoms with Gasteiger partial charge in [0.1, 0.15) is 5.75 Å². The number of amides is 1. The lowest BCUT2D eigenvalue weighted by Crippen LogP contribution is -2.16. The largest absolute Gasteiger partial charge is 0.508 e. The lowest BCUT2D eigenvalue weighted by molar-refractivity contribution is 0.0955. The minimum Gasteiger partial charge on any atom is -0.508 e. The molecule has 0 aliphatic carbocycles. The number of phenols is 1. The number of benzene rings is 1. The zero-order valence-corrected chi connectivity index (χ0v) is 8.34. The molecule has 0 aromatic heterocycles. The van der Waals surface area contributed by atoms with Crippen molar-refractivity contribution in [1.82, 2.24) is 5.43 Å². The number of nitrogens with zero attached hydrogens (tertiary/aromatic N) is 1. The molecular weight excluding hydrogens is 192 g/mol. The summed E-state index contributed by atoms with van der Waals surface area (Å²) >= 11 is 0. The van der Waals surface area contributed by atoms with Gasteiger partial charge in [0.05, 0.1) is 0 Å². The molecule has 0 atom stereocenters. The standard InChI is InChI=1S/C11H12N2O2/c1-2-3-8-12-13-11(15)9-4-6-10(14)7-5-9/h2-8,14H,1H3,(H,13,15)/b3-2+,12-8+. The van der Waals surface area contributed by atoms with Gasteiger partial charge in [0, 0.05) is 11.8 Å². The maximum absolute atomic E-state index is 11.4. The molecule has 1 rings (SSSR count). The molecule has 4 heteroatoms. The Morgan fingerprint density at radius 1 is 1.40 bits per heavy atom. The Bertz CT molecular complexity index is 380. The van der Waals surface area contributed by atoms with Crippen molar-refractivity contribution in [2.24, 2.45) is 5.10 Å². The summed E-state index contributed by atoms with van der Waals surface area (Å²) in [7, 11) is 0. The van der Waals surface area contributed by atoms with Crippen molar-refractivity contribution < 1.29 is 9.90 Å². The minimum absolute atomic E-state index is 0.129. The average Bonchev–Trinajstić information content (AvgIpc) is 2.25. The first-order valence-corrected chi connectivity index (χ1v) is 4.47. The Hall–Kier alpha value is -2.10. The average molecular weight is 204 g/mol. The zero-order valence-electron chi connectivity index (χ0n) is 8.34. The van der Waals surface area contributed by atoms with Gasteiger partial charge in [0.25, 0.3) is 5.91 Å². The molecule has 0 fully saturated rings. The Morgan fingerprint density at radius 3 is 2.67 bits per heavy atom. The van der Waals surface area contributed by atoms with Gasteiger partial charge in [-0.25, -0.2) is 5.43 Å². The predicted molar refractivity (Wildman–Crippen MR) is 58.9 cm³/mol. The molecule has 0 bridgehead atoms. The van der Waals surface area contributed by atoms with E-state index in [2.05, 4.69) is 10.5 Å². The summed E-state index contributed by atoms with van der Waals surface area (Å²) in [4.78, 5) is 11.4. The van der Waals surface area contributed by atoms with Crippen LogP contribution in [0.3, 0.4) is 0 Å². The third kappa shape index (κ3) is 3.64. The Kier molecular flexibility index (Phi) is 4.09. The number of rotatable bonds is 3. The molecule has 0 heterocycles. The van der Waals surface area contributed by atoms with Crippen LogP contribution in [0.25, 0.3) is 0 Å². The topological polar surface area (TPSA) is 61.7 Å². The monoisotopic (exact) mass is 204 g/mol. The maximum atomic E-state index is 11.4. The third-order valence-corrected chi connectivity index (χ3v) is 1.65. The summed E-state index contributed by atoms with van der Waals surface area (Å²) in [5.74, 6) is -0.181. The number of hydrazone groups is 1. The van der Waals surface area contributed by atoms with E-state index in [9.17, 15) is 4.79 Å². The third-order valence-electron chi connectivity index (χ3n) is 1.65. The molecule has 0 unspecified atom stereocenters. The molecule has 0 saturated carbocycles. The molecule has 1 amide bonds. The maximum Gasteiger partial charge on any atom is 0.271 e. The molecular formula is C11H12N2O2. The SMILES string of the molecule is C/C=C/C=N/NC(=O)c1ccc(O)cc1. The molecule has 1 aromatic carbocycles. The van der Waals surface area contributed by atoms with E-state index in [-0.39, 0.29) is 11.7 Å². The summed E-state index contributed by atoms with van der Waals surface area (Å²) in [6.45, 7) is 1.85. The normalized spacial score (nSPS) is 11.0. The number of nitrogens with one attached hydrogen (secondary N) is 1. The van der Waals surface area contributed by atoms with Crippen molar-refractivity contribution in [3.8, 4) is 5.75 Å². The Labute approximate surface area is 87.9 Å². The Balaban J connectivity index is 2.58. The van der Waals surface area contributed by atoms with E-state index in [4.69, 9.17) is 5.11 Å². The second kappa shape index (κ2) is 5.59. The second-order valence-electron chi connectivity index (χ2n) is 2.79. The van der Waals surface area contributed by atoms with Crippen molar-refractivity contribution in [2.45, 2.75) is 6.92 Å². The molecule has 2 N–H and O–H groups in total. The van der Waals surface area contributed by atoms with Crippen molar-refractivity contribution in [3.05, 3.63) is 42.0 Å². The van der Waals surface area contributed by atoms with E-state index in [0.717, 1.165) is 0 Å². The van der Waals surface area contributed by atoms with Gasteiger partial charge in [-0.2, -0.15) is 5.10 Å². The number of carbonyl (C=O) groups excluding carboxylic acids is 1. The van der Waals surface area contributed by atoms with Crippen LogP contribution < -0.4 is 5.43 Å². The molecule has 0 saturated heterocycles. The van der Waals surface area contributed by atoms with Gasteiger partial charge in [-0.15, -0.1) is 0 Å². The van der Waals surface area contributed by atoms with Crippen LogP contribution in [0.2, 0.25) is 0 Å². The van der Waals surface area contributed by atoms with E-state index < -0.39 is 0 Å². The summed E-state index contributed by atoms with van der Waals surface area (Å²) in [6, 6.07) is 5.95. The van der Waals surface area contributed by atoms with Gasteiger partial charge in [0.15, 0.2) is 0 Å². The second-order valence-corrected chi connectivity index (χ2v) is 2.79. The highest BCUT2D eigenvalue weighted by molar-refractivity contribution is 5.94. The molecule has 1 aromatic rings. The van der Waals surface area contributed by atoms with E-state index in [1.807, 2.05) is 6.92 Å². The fraction of sp³-hybridized carbons (Fsp3) is 0.0909.